The Hall–Kier alpha value is -3.12. The van der Waals surface area contributed by atoms with Crippen LogP contribution in [0.15, 0.2) is 59.1 Å². The van der Waals surface area contributed by atoms with Gasteiger partial charge in [0.2, 0.25) is 17.6 Å². The second kappa shape index (κ2) is 8.51. The molecule has 7 heteroatoms. The molecule has 3 rings (SSSR count). The van der Waals surface area contributed by atoms with Crippen LogP contribution in [0.3, 0.4) is 0 Å². The maximum atomic E-state index is 12.3. The minimum Gasteiger partial charge on any atom is -0.497 e. The number of carbonyl (C=O) groups excluding carboxylic acids is 1. The maximum absolute atomic E-state index is 12.3. The third-order valence-corrected chi connectivity index (χ3v) is 4.20. The van der Waals surface area contributed by atoms with Gasteiger partial charge in [0.1, 0.15) is 5.75 Å². The van der Waals surface area contributed by atoms with Gasteiger partial charge in [0.05, 0.1) is 13.7 Å². The highest BCUT2D eigenvalue weighted by atomic mass is 35.5. The lowest BCUT2D eigenvalue weighted by Crippen LogP contribution is -2.24. The molecule has 0 aliphatic carbocycles. The molecule has 3 aromatic rings. The number of benzene rings is 2. The molecule has 138 valence electrons. The van der Waals surface area contributed by atoms with E-state index in [9.17, 15) is 4.79 Å². The van der Waals surface area contributed by atoms with Crippen molar-refractivity contribution in [3.05, 3.63) is 71.1 Å². The molecule has 0 saturated heterocycles. The van der Waals surface area contributed by atoms with Gasteiger partial charge in [-0.3, -0.25) is 4.79 Å². The fourth-order valence-electron chi connectivity index (χ4n) is 2.38. The van der Waals surface area contributed by atoms with E-state index in [-0.39, 0.29) is 12.5 Å². The molecule has 1 heterocycles. The molecule has 2 aromatic carbocycles. The number of nitrogens with zero attached hydrogens (tertiary/aromatic N) is 3. The van der Waals surface area contributed by atoms with Gasteiger partial charge in [-0.25, -0.2) is 0 Å². The van der Waals surface area contributed by atoms with Gasteiger partial charge >= 0.3 is 0 Å². The smallest absolute Gasteiger partial charge is 0.246 e. The Morgan fingerprint density at radius 1 is 1.26 bits per heavy atom. The number of halogens is 1. The summed E-state index contributed by atoms with van der Waals surface area (Å²) in [4.78, 5) is 18.1. The predicted molar refractivity (Wildman–Crippen MR) is 103 cm³/mol. The van der Waals surface area contributed by atoms with Crippen molar-refractivity contribution in [2.45, 2.75) is 6.54 Å². The third kappa shape index (κ3) is 4.74. The molecule has 0 radical (unpaired) electrons. The lowest BCUT2D eigenvalue weighted by Gasteiger charge is -2.11. The van der Waals surface area contributed by atoms with Crippen molar-refractivity contribution >= 4 is 23.6 Å². The first kappa shape index (κ1) is 18.7. The summed E-state index contributed by atoms with van der Waals surface area (Å²) in [5.74, 6) is 1.29. The monoisotopic (exact) mass is 383 g/mol. The summed E-state index contributed by atoms with van der Waals surface area (Å²) in [6, 6.07) is 14.7. The zero-order chi connectivity index (χ0) is 19.2. The Morgan fingerprint density at radius 3 is 2.85 bits per heavy atom. The lowest BCUT2D eigenvalue weighted by molar-refractivity contribution is -0.125. The lowest BCUT2D eigenvalue weighted by atomic mass is 10.2. The number of aromatic nitrogens is 2. The van der Waals surface area contributed by atoms with Gasteiger partial charge in [0, 0.05) is 23.7 Å². The van der Waals surface area contributed by atoms with E-state index < -0.39 is 0 Å². The second-order valence-corrected chi connectivity index (χ2v) is 6.20. The fourth-order valence-corrected chi connectivity index (χ4v) is 2.58. The molecule has 1 aromatic heterocycles. The average molecular weight is 384 g/mol. The molecule has 27 heavy (non-hydrogen) atoms. The Bertz CT molecular complexity index is 968. The summed E-state index contributed by atoms with van der Waals surface area (Å²) in [7, 11) is 3.26. The Kier molecular flexibility index (Phi) is 5.88. The SMILES string of the molecule is COc1cccc(-c2noc(CN(C)C(=O)/C=C/c3ccccc3Cl)n2)c1. The molecule has 0 fully saturated rings. The number of carbonyl (C=O) groups is 1. The minimum absolute atomic E-state index is 0.197. The van der Waals surface area contributed by atoms with Gasteiger partial charge in [-0.2, -0.15) is 4.98 Å². The van der Waals surface area contributed by atoms with Gasteiger partial charge in [0.15, 0.2) is 0 Å². The number of hydrogen-bond acceptors (Lipinski definition) is 5. The predicted octanol–water partition coefficient (Wildman–Crippen LogP) is 4.07. The zero-order valence-corrected chi connectivity index (χ0v) is 15.7. The van der Waals surface area contributed by atoms with Crippen LogP contribution in [0.4, 0.5) is 0 Å². The van der Waals surface area contributed by atoms with E-state index in [1.807, 2.05) is 42.5 Å². The van der Waals surface area contributed by atoms with Crippen molar-refractivity contribution < 1.29 is 14.1 Å². The normalized spacial score (nSPS) is 10.9. The van der Waals surface area contributed by atoms with E-state index in [0.717, 1.165) is 11.1 Å². The van der Waals surface area contributed by atoms with Crippen LogP contribution >= 0.6 is 11.6 Å². The highest BCUT2D eigenvalue weighted by molar-refractivity contribution is 6.32. The van der Waals surface area contributed by atoms with Crippen LogP contribution in [0, 0.1) is 0 Å². The highest BCUT2D eigenvalue weighted by Gasteiger charge is 2.13. The van der Waals surface area contributed by atoms with Gasteiger partial charge in [0.25, 0.3) is 0 Å². The van der Waals surface area contributed by atoms with Crippen LogP contribution in [-0.2, 0) is 11.3 Å². The van der Waals surface area contributed by atoms with Crippen LogP contribution < -0.4 is 4.74 Å². The van der Waals surface area contributed by atoms with Crippen molar-refractivity contribution in [3.63, 3.8) is 0 Å². The molecule has 0 N–H and O–H groups in total. The highest BCUT2D eigenvalue weighted by Crippen LogP contribution is 2.21. The van der Waals surface area contributed by atoms with Crippen LogP contribution in [-0.4, -0.2) is 35.1 Å². The molecule has 0 saturated carbocycles. The summed E-state index contributed by atoms with van der Waals surface area (Å²) in [6.45, 7) is 0.197. The van der Waals surface area contributed by atoms with Crippen molar-refractivity contribution in [1.29, 1.82) is 0 Å². The molecular formula is C20H18ClN3O3. The molecular weight excluding hydrogens is 366 g/mol. The summed E-state index contributed by atoms with van der Waals surface area (Å²) in [5, 5.41) is 4.55. The van der Waals surface area contributed by atoms with Crippen LogP contribution in [0.2, 0.25) is 5.02 Å². The van der Waals surface area contributed by atoms with Crippen molar-refractivity contribution in [1.82, 2.24) is 15.0 Å². The van der Waals surface area contributed by atoms with Crippen molar-refractivity contribution in [3.8, 4) is 17.1 Å². The number of methoxy groups -OCH3 is 1. The number of ether oxygens (including phenoxy) is 1. The first-order valence-corrected chi connectivity index (χ1v) is 8.59. The average Bonchev–Trinajstić information content (AvgIpc) is 3.15. The van der Waals surface area contributed by atoms with Crippen molar-refractivity contribution in [2.75, 3.05) is 14.2 Å². The maximum Gasteiger partial charge on any atom is 0.246 e. The molecule has 1 amide bonds. The number of likely N-dealkylation sites (N-methyl/N-ethyl adjacent to an activating group) is 1. The quantitative estimate of drug-likeness (QED) is 0.600. The first-order chi connectivity index (χ1) is 13.1. The first-order valence-electron chi connectivity index (χ1n) is 8.21. The van der Waals surface area contributed by atoms with Gasteiger partial charge in [-0.1, -0.05) is 47.1 Å². The van der Waals surface area contributed by atoms with E-state index >= 15 is 0 Å². The van der Waals surface area contributed by atoms with Gasteiger partial charge < -0.3 is 14.2 Å². The number of rotatable bonds is 6. The Labute approximate surface area is 162 Å². The van der Waals surface area contributed by atoms with E-state index in [1.54, 1.807) is 26.3 Å². The molecule has 0 atom stereocenters. The van der Waals surface area contributed by atoms with E-state index in [1.165, 1.54) is 11.0 Å². The second-order valence-electron chi connectivity index (χ2n) is 5.79. The largest absolute Gasteiger partial charge is 0.497 e. The molecule has 0 unspecified atom stereocenters. The van der Waals surface area contributed by atoms with Crippen LogP contribution in [0.1, 0.15) is 11.5 Å². The summed E-state index contributed by atoms with van der Waals surface area (Å²) in [6.07, 6.45) is 3.14. The van der Waals surface area contributed by atoms with Gasteiger partial charge in [-0.15, -0.1) is 0 Å². The Balaban J connectivity index is 1.66. The van der Waals surface area contributed by atoms with Crippen molar-refractivity contribution in [2.24, 2.45) is 0 Å². The third-order valence-electron chi connectivity index (χ3n) is 3.86. The summed E-state index contributed by atoms with van der Waals surface area (Å²) >= 11 is 6.08. The molecule has 0 spiro atoms. The van der Waals surface area contributed by atoms with Gasteiger partial charge in [-0.05, 0) is 29.8 Å². The van der Waals surface area contributed by atoms with E-state index in [4.69, 9.17) is 20.9 Å². The Morgan fingerprint density at radius 2 is 2.07 bits per heavy atom. The van der Waals surface area contributed by atoms with Crippen LogP contribution in [0.25, 0.3) is 17.5 Å². The summed E-state index contributed by atoms with van der Waals surface area (Å²) in [5.41, 5.74) is 1.55. The molecule has 0 aliphatic heterocycles. The standard InChI is InChI=1S/C20H18ClN3O3/c1-24(19(25)11-10-14-6-3-4-9-17(14)21)13-18-22-20(23-27-18)15-7-5-8-16(12-15)26-2/h3-12H,13H2,1-2H3/b11-10+. The van der Waals surface area contributed by atoms with Crippen LogP contribution in [0.5, 0.6) is 5.75 Å². The number of hydrogen-bond donors (Lipinski definition) is 0. The number of amides is 1. The molecule has 0 aliphatic rings. The summed E-state index contributed by atoms with van der Waals surface area (Å²) < 4.78 is 10.4. The minimum atomic E-state index is -0.198. The fraction of sp³-hybridized carbons (Fsp3) is 0.150. The zero-order valence-electron chi connectivity index (χ0n) is 14.9. The van der Waals surface area contributed by atoms with E-state index in [2.05, 4.69) is 10.1 Å². The molecule has 6 nitrogen and oxygen atoms in total. The molecule has 0 bridgehead atoms. The topological polar surface area (TPSA) is 68.5 Å². The van der Waals surface area contributed by atoms with E-state index in [0.29, 0.717) is 22.5 Å².